The fourth-order valence-corrected chi connectivity index (χ4v) is 3.03. The van der Waals surface area contributed by atoms with E-state index in [-0.39, 0.29) is 11.9 Å². The highest BCUT2D eigenvalue weighted by atomic mass is 16.6. The predicted octanol–water partition coefficient (Wildman–Crippen LogP) is 3.18. The molecular formula is C18H35N3O3. The van der Waals surface area contributed by atoms with Crippen molar-refractivity contribution in [3.05, 3.63) is 0 Å². The number of carbonyl (C=O) groups excluding carboxylic acids is 2. The third-order valence-electron chi connectivity index (χ3n) is 3.91. The van der Waals surface area contributed by atoms with Gasteiger partial charge in [-0.25, -0.2) is 9.80 Å². The highest BCUT2D eigenvalue weighted by Crippen LogP contribution is 2.16. The number of hydrazine groups is 1. The van der Waals surface area contributed by atoms with Crippen molar-refractivity contribution in [1.29, 1.82) is 0 Å². The Morgan fingerprint density at radius 1 is 1.21 bits per heavy atom. The molecule has 24 heavy (non-hydrogen) atoms. The SMILES string of the molecule is CCN(C(=O)CC(CC(C)C)NC(=O)OC(C)(C)C)N1CCCC1. The summed E-state index contributed by atoms with van der Waals surface area (Å²) in [7, 11) is 0. The summed E-state index contributed by atoms with van der Waals surface area (Å²) in [5.41, 5.74) is -0.540. The lowest BCUT2D eigenvalue weighted by Gasteiger charge is -2.32. The van der Waals surface area contributed by atoms with E-state index in [1.165, 1.54) is 0 Å². The molecule has 1 N–H and O–H groups in total. The Morgan fingerprint density at radius 2 is 1.79 bits per heavy atom. The molecule has 0 spiro atoms. The molecule has 6 heteroatoms. The molecule has 1 atom stereocenters. The van der Waals surface area contributed by atoms with E-state index in [4.69, 9.17) is 4.74 Å². The van der Waals surface area contributed by atoms with Gasteiger partial charge < -0.3 is 10.1 Å². The van der Waals surface area contributed by atoms with Gasteiger partial charge in [0.25, 0.3) is 0 Å². The molecule has 1 rings (SSSR count). The summed E-state index contributed by atoms with van der Waals surface area (Å²) >= 11 is 0. The van der Waals surface area contributed by atoms with Crippen molar-refractivity contribution < 1.29 is 14.3 Å². The molecule has 6 nitrogen and oxygen atoms in total. The van der Waals surface area contributed by atoms with Crippen LogP contribution < -0.4 is 5.32 Å². The van der Waals surface area contributed by atoms with E-state index in [1.54, 1.807) is 0 Å². The van der Waals surface area contributed by atoms with Gasteiger partial charge in [0, 0.05) is 32.1 Å². The first-order chi connectivity index (χ1) is 11.1. The number of ether oxygens (including phenoxy) is 1. The number of alkyl carbamates (subject to hydrolysis) is 1. The number of rotatable bonds is 7. The summed E-state index contributed by atoms with van der Waals surface area (Å²) in [4.78, 5) is 24.8. The van der Waals surface area contributed by atoms with Gasteiger partial charge in [-0.15, -0.1) is 0 Å². The lowest BCUT2D eigenvalue weighted by Crippen LogP contribution is -2.48. The molecule has 140 valence electrons. The molecule has 0 aromatic carbocycles. The van der Waals surface area contributed by atoms with Crippen LogP contribution in [0.3, 0.4) is 0 Å². The van der Waals surface area contributed by atoms with Gasteiger partial charge in [0.2, 0.25) is 5.91 Å². The Bertz CT molecular complexity index is 412. The quantitative estimate of drug-likeness (QED) is 0.772. The van der Waals surface area contributed by atoms with Crippen LogP contribution in [-0.4, -0.2) is 53.3 Å². The number of hydrogen-bond donors (Lipinski definition) is 1. The zero-order valence-electron chi connectivity index (χ0n) is 16.2. The minimum atomic E-state index is -0.540. The van der Waals surface area contributed by atoms with Gasteiger partial charge in [0.05, 0.1) is 0 Å². The molecule has 0 aromatic heterocycles. The third-order valence-corrected chi connectivity index (χ3v) is 3.91. The first kappa shape index (κ1) is 20.7. The molecule has 0 aromatic rings. The van der Waals surface area contributed by atoms with E-state index in [9.17, 15) is 9.59 Å². The lowest BCUT2D eigenvalue weighted by molar-refractivity contribution is -0.147. The minimum Gasteiger partial charge on any atom is -0.444 e. The van der Waals surface area contributed by atoms with Crippen molar-refractivity contribution in [3.8, 4) is 0 Å². The van der Waals surface area contributed by atoms with Crippen molar-refractivity contribution in [2.45, 2.75) is 78.9 Å². The van der Waals surface area contributed by atoms with E-state index in [0.29, 0.717) is 18.9 Å². The van der Waals surface area contributed by atoms with Crippen molar-refractivity contribution >= 4 is 12.0 Å². The highest BCUT2D eigenvalue weighted by molar-refractivity contribution is 5.77. The maximum atomic E-state index is 12.7. The van der Waals surface area contributed by atoms with Crippen molar-refractivity contribution in [2.75, 3.05) is 19.6 Å². The normalized spacial score (nSPS) is 17.0. The largest absolute Gasteiger partial charge is 0.444 e. The molecule has 0 bridgehead atoms. The minimum absolute atomic E-state index is 0.0705. The number of nitrogens with one attached hydrogen (secondary N) is 1. The first-order valence-corrected chi connectivity index (χ1v) is 9.17. The Kier molecular flexibility index (Phi) is 8.00. The maximum Gasteiger partial charge on any atom is 0.407 e. The van der Waals surface area contributed by atoms with E-state index in [0.717, 1.165) is 32.4 Å². The fourth-order valence-electron chi connectivity index (χ4n) is 3.03. The summed E-state index contributed by atoms with van der Waals surface area (Å²) in [5.74, 6) is 0.459. The molecule has 1 aliphatic heterocycles. The predicted molar refractivity (Wildman–Crippen MR) is 95.4 cm³/mol. The average Bonchev–Trinajstić information content (AvgIpc) is 2.89. The fraction of sp³-hybridized carbons (Fsp3) is 0.889. The van der Waals surface area contributed by atoms with Crippen LogP contribution in [0.15, 0.2) is 0 Å². The van der Waals surface area contributed by atoms with Gasteiger partial charge in [-0.1, -0.05) is 13.8 Å². The molecule has 1 saturated heterocycles. The number of carbonyl (C=O) groups is 2. The van der Waals surface area contributed by atoms with Crippen LogP contribution in [0.4, 0.5) is 4.79 Å². The molecule has 1 heterocycles. The van der Waals surface area contributed by atoms with Crippen LogP contribution in [0.2, 0.25) is 0 Å². The zero-order chi connectivity index (χ0) is 18.3. The van der Waals surface area contributed by atoms with Gasteiger partial charge >= 0.3 is 6.09 Å². The van der Waals surface area contributed by atoms with Crippen molar-refractivity contribution in [3.63, 3.8) is 0 Å². The summed E-state index contributed by atoms with van der Waals surface area (Å²) < 4.78 is 5.33. The number of amides is 2. The topological polar surface area (TPSA) is 61.9 Å². The number of hydrogen-bond acceptors (Lipinski definition) is 4. The van der Waals surface area contributed by atoms with Crippen LogP contribution in [-0.2, 0) is 9.53 Å². The van der Waals surface area contributed by atoms with Crippen LogP contribution in [0.1, 0.15) is 67.2 Å². The van der Waals surface area contributed by atoms with Gasteiger partial charge in [0.15, 0.2) is 0 Å². The molecule has 1 fully saturated rings. The second-order valence-electron chi connectivity index (χ2n) is 7.95. The molecule has 0 aliphatic carbocycles. The second-order valence-corrected chi connectivity index (χ2v) is 7.95. The molecular weight excluding hydrogens is 306 g/mol. The average molecular weight is 341 g/mol. The molecule has 0 radical (unpaired) electrons. The van der Waals surface area contributed by atoms with Gasteiger partial charge in [-0.2, -0.15) is 0 Å². The van der Waals surface area contributed by atoms with Crippen LogP contribution in [0, 0.1) is 5.92 Å². The van der Waals surface area contributed by atoms with Crippen LogP contribution in [0.5, 0.6) is 0 Å². The van der Waals surface area contributed by atoms with E-state index >= 15 is 0 Å². The van der Waals surface area contributed by atoms with Gasteiger partial charge in [-0.3, -0.25) is 9.80 Å². The monoisotopic (exact) mass is 341 g/mol. The summed E-state index contributed by atoms with van der Waals surface area (Å²) in [5, 5.41) is 6.84. The summed E-state index contributed by atoms with van der Waals surface area (Å²) in [6.07, 6.45) is 2.87. The van der Waals surface area contributed by atoms with Gasteiger partial charge in [-0.05, 0) is 52.9 Å². The van der Waals surface area contributed by atoms with E-state index in [1.807, 2.05) is 32.7 Å². The lowest BCUT2D eigenvalue weighted by atomic mass is 10.0. The molecule has 0 saturated carbocycles. The smallest absolute Gasteiger partial charge is 0.407 e. The summed E-state index contributed by atoms with van der Waals surface area (Å²) in [6, 6.07) is -0.205. The van der Waals surface area contributed by atoms with E-state index < -0.39 is 11.7 Å². The van der Waals surface area contributed by atoms with E-state index in [2.05, 4.69) is 24.2 Å². The molecule has 1 unspecified atom stereocenters. The van der Waals surface area contributed by atoms with Crippen molar-refractivity contribution in [1.82, 2.24) is 15.3 Å². The maximum absolute atomic E-state index is 12.7. The van der Waals surface area contributed by atoms with Gasteiger partial charge in [0.1, 0.15) is 5.60 Å². The standard InChI is InChI=1S/C18H35N3O3/c1-7-21(20-10-8-9-11-20)16(22)13-15(12-14(2)3)19-17(23)24-18(4,5)6/h14-15H,7-13H2,1-6H3,(H,19,23). The second kappa shape index (κ2) is 9.25. The van der Waals surface area contributed by atoms with Crippen LogP contribution >= 0.6 is 0 Å². The Labute approximate surface area is 146 Å². The Hall–Kier alpha value is -1.30. The number of nitrogens with zero attached hydrogens (tertiary/aromatic N) is 2. The summed E-state index contributed by atoms with van der Waals surface area (Å²) in [6.45, 7) is 14.2. The molecule has 2 amide bonds. The molecule has 1 aliphatic rings. The zero-order valence-corrected chi connectivity index (χ0v) is 16.2. The Morgan fingerprint density at radius 3 is 2.25 bits per heavy atom. The third kappa shape index (κ3) is 7.51. The first-order valence-electron chi connectivity index (χ1n) is 9.17. The van der Waals surface area contributed by atoms with Crippen molar-refractivity contribution in [2.24, 2.45) is 5.92 Å². The Balaban J connectivity index is 2.66. The van der Waals surface area contributed by atoms with Crippen LogP contribution in [0.25, 0.3) is 0 Å². The highest BCUT2D eigenvalue weighted by Gasteiger charge is 2.27.